The summed E-state index contributed by atoms with van der Waals surface area (Å²) in [6.45, 7) is 0. The highest BCUT2D eigenvalue weighted by Crippen LogP contribution is 2.30. The zero-order valence-electron chi connectivity index (χ0n) is 13.8. The van der Waals surface area contributed by atoms with Crippen LogP contribution in [0.4, 0.5) is 0 Å². The minimum Gasteiger partial charge on any atom is -0.454 e. The van der Waals surface area contributed by atoms with Crippen molar-refractivity contribution in [2.24, 2.45) is 0 Å². The number of hydrogen-bond acceptors (Lipinski definition) is 3. The van der Waals surface area contributed by atoms with Crippen LogP contribution in [0.2, 0.25) is 0 Å². The van der Waals surface area contributed by atoms with Gasteiger partial charge >= 0.3 is 5.97 Å². The van der Waals surface area contributed by atoms with Gasteiger partial charge < -0.3 is 9.84 Å². The monoisotopic (exact) mass is 332 g/mol. The fourth-order valence-corrected chi connectivity index (χ4v) is 2.71. The number of carbonyl (C=O) groups excluding carboxylic acids is 1. The van der Waals surface area contributed by atoms with Crippen molar-refractivity contribution in [1.29, 1.82) is 0 Å². The predicted molar refractivity (Wildman–Crippen MR) is 97.1 cm³/mol. The quantitative estimate of drug-likeness (QED) is 0.665. The minimum absolute atomic E-state index is 0.298. The highest BCUT2D eigenvalue weighted by Gasteiger charge is 2.22. The molecule has 0 aliphatic heterocycles. The van der Waals surface area contributed by atoms with Crippen molar-refractivity contribution in [2.75, 3.05) is 0 Å². The Morgan fingerprint density at radius 1 is 0.760 bits per heavy atom. The third-order valence-electron chi connectivity index (χ3n) is 4.05. The van der Waals surface area contributed by atoms with Crippen LogP contribution in [0.1, 0.15) is 40.1 Å². The van der Waals surface area contributed by atoms with Crippen molar-refractivity contribution in [3.63, 3.8) is 0 Å². The number of ether oxygens (including phenoxy) is 1. The molecule has 3 rings (SSSR count). The molecule has 2 atom stereocenters. The Bertz CT molecular complexity index is 785. The molecule has 3 aromatic rings. The Labute approximate surface area is 147 Å². The third kappa shape index (κ3) is 4.55. The van der Waals surface area contributed by atoms with Gasteiger partial charge in [0.05, 0.1) is 11.7 Å². The Kier molecular flexibility index (Phi) is 5.60. The van der Waals surface area contributed by atoms with E-state index in [9.17, 15) is 9.90 Å². The van der Waals surface area contributed by atoms with Gasteiger partial charge in [-0.05, 0) is 23.3 Å². The van der Waals surface area contributed by atoms with Crippen LogP contribution in [0.5, 0.6) is 0 Å². The lowest BCUT2D eigenvalue weighted by atomic mass is 9.98. The molecule has 1 N–H and O–H groups in total. The first-order chi connectivity index (χ1) is 12.2. The fraction of sp³-hybridized carbons (Fsp3) is 0.136. The van der Waals surface area contributed by atoms with Gasteiger partial charge in [-0.3, -0.25) is 0 Å². The molecule has 0 unspecified atom stereocenters. The van der Waals surface area contributed by atoms with E-state index in [0.29, 0.717) is 12.0 Å². The van der Waals surface area contributed by atoms with Gasteiger partial charge in [-0.25, -0.2) is 4.79 Å². The van der Waals surface area contributed by atoms with Gasteiger partial charge in [0, 0.05) is 6.42 Å². The van der Waals surface area contributed by atoms with Crippen LogP contribution < -0.4 is 0 Å². The number of rotatable bonds is 6. The lowest BCUT2D eigenvalue weighted by Crippen LogP contribution is -2.15. The molecular weight excluding hydrogens is 312 g/mol. The third-order valence-corrected chi connectivity index (χ3v) is 4.05. The largest absolute Gasteiger partial charge is 0.454 e. The first kappa shape index (κ1) is 16.9. The van der Waals surface area contributed by atoms with Crippen molar-refractivity contribution < 1.29 is 14.6 Å². The number of aliphatic hydroxyl groups is 1. The van der Waals surface area contributed by atoms with E-state index in [4.69, 9.17) is 4.74 Å². The summed E-state index contributed by atoms with van der Waals surface area (Å²) < 4.78 is 5.72. The lowest BCUT2D eigenvalue weighted by molar-refractivity contribution is 0.0136. The number of esters is 1. The van der Waals surface area contributed by atoms with Crippen molar-refractivity contribution >= 4 is 5.97 Å². The first-order valence-electron chi connectivity index (χ1n) is 8.28. The maximum atomic E-state index is 12.4. The van der Waals surface area contributed by atoms with E-state index in [1.54, 1.807) is 24.3 Å². The second kappa shape index (κ2) is 8.27. The Morgan fingerprint density at radius 3 is 1.80 bits per heavy atom. The normalized spacial score (nSPS) is 13.0. The van der Waals surface area contributed by atoms with Gasteiger partial charge in [0.25, 0.3) is 0 Å². The molecule has 3 heteroatoms. The highest BCUT2D eigenvalue weighted by molar-refractivity contribution is 5.89. The van der Waals surface area contributed by atoms with E-state index < -0.39 is 18.2 Å². The molecule has 0 amide bonds. The molecule has 0 radical (unpaired) electrons. The fourth-order valence-electron chi connectivity index (χ4n) is 2.71. The number of benzene rings is 3. The minimum atomic E-state index is -0.713. The maximum absolute atomic E-state index is 12.4. The molecule has 0 heterocycles. The summed E-state index contributed by atoms with van der Waals surface area (Å²) in [6.07, 6.45) is -0.939. The van der Waals surface area contributed by atoms with Gasteiger partial charge in [0.1, 0.15) is 6.10 Å². The summed E-state index contributed by atoms with van der Waals surface area (Å²) in [5.41, 5.74) is 2.17. The molecule has 0 saturated heterocycles. The van der Waals surface area contributed by atoms with Crippen LogP contribution in [0.15, 0.2) is 91.0 Å². The molecule has 126 valence electrons. The maximum Gasteiger partial charge on any atom is 0.338 e. The molecule has 0 fully saturated rings. The average molecular weight is 332 g/mol. The molecule has 3 nitrogen and oxygen atoms in total. The van der Waals surface area contributed by atoms with Crippen LogP contribution in [0.25, 0.3) is 0 Å². The molecule has 0 aliphatic carbocycles. The van der Waals surface area contributed by atoms with Gasteiger partial charge in [0.2, 0.25) is 0 Å². The molecular formula is C22H20O3. The molecule has 25 heavy (non-hydrogen) atoms. The summed E-state index contributed by atoms with van der Waals surface area (Å²) in [6, 6.07) is 27.8. The average Bonchev–Trinajstić information content (AvgIpc) is 2.69. The van der Waals surface area contributed by atoms with Crippen molar-refractivity contribution in [1.82, 2.24) is 0 Å². The summed E-state index contributed by atoms with van der Waals surface area (Å²) >= 11 is 0. The van der Waals surface area contributed by atoms with Crippen LogP contribution in [-0.4, -0.2) is 11.1 Å². The smallest absolute Gasteiger partial charge is 0.338 e. The van der Waals surface area contributed by atoms with Crippen molar-refractivity contribution in [3.8, 4) is 0 Å². The van der Waals surface area contributed by atoms with Gasteiger partial charge in [-0.1, -0.05) is 78.9 Å². The zero-order chi connectivity index (χ0) is 17.5. The SMILES string of the molecule is O=C(O[C@@H](C[C@@H](O)c1ccccc1)c1ccccc1)c1ccccc1. The second-order valence-corrected chi connectivity index (χ2v) is 5.83. The van der Waals surface area contributed by atoms with Crippen LogP contribution >= 0.6 is 0 Å². The summed E-state index contributed by atoms with van der Waals surface area (Å²) in [5.74, 6) is -0.394. The molecule has 0 spiro atoms. The number of aliphatic hydroxyl groups excluding tert-OH is 1. The van der Waals surface area contributed by atoms with Gasteiger partial charge in [-0.15, -0.1) is 0 Å². The topological polar surface area (TPSA) is 46.5 Å². The molecule has 0 aliphatic rings. The zero-order valence-corrected chi connectivity index (χ0v) is 13.8. The van der Waals surface area contributed by atoms with E-state index in [1.807, 2.05) is 66.7 Å². The Morgan fingerprint density at radius 2 is 1.24 bits per heavy atom. The molecule has 3 aromatic carbocycles. The van der Waals surface area contributed by atoms with E-state index in [2.05, 4.69) is 0 Å². The van der Waals surface area contributed by atoms with Gasteiger partial charge in [0.15, 0.2) is 0 Å². The van der Waals surface area contributed by atoms with Crippen molar-refractivity contribution in [2.45, 2.75) is 18.6 Å². The lowest BCUT2D eigenvalue weighted by Gasteiger charge is -2.21. The predicted octanol–water partition coefficient (Wildman–Crippen LogP) is 4.71. The second-order valence-electron chi connectivity index (χ2n) is 5.83. The Balaban J connectivity index is 1.80. The molecule has 0 saturated carbocycles. The van der Waals surface area contributed by atoms with Crippen molar-refractivity contribution in [3.05, 3.63) is 108 Å². The van der Waals surface area contributed by atoms with E-state index in [0.717, 1.165) is 11.1 Å². The highest BCUT2D eigenvalue weighted by atomic mass is 16.5. The van der Waals surface area contributed by atoms with E-state index >= 15 is 0 Å². The van der Waals surface area contributed by atoms with Crippen LogP contribution in [-0.2, 0) is 4.74 Å². The Hall–Kier alpha value is -2.91. The van der Waals surface area contributed by atoms with Crippen LogP contribution in [0, 0.1) is 0 Å². The molecule has 0 aromatic heterocycles. The molecule has 0 bridgehead atoms. The number of hydrogen-bond donors (Lipinski definition) is 1. The summed E-state index contributed by atoms with van der Waals surface area (Å²) in [4.78, 5) is 12.4. The van der Waals surface area contributed by atoms with Crippen LogP contribution in [0.3, 0.4) is 0 Å². The summed E-state index contributed by atoms with van der Waals surface area (Å²) in [7, 11) is 0. The van der Waals surface area contributed by atoms with E-state index in [-0.39, 0.29) is 0 Å². The van der Waals surface area contributed by atoms with E-state index in [1.165, 1.54) is 0 Å². The first-order valence-corrected chi connectivity index (χ1v) is 8.28. The summed E-state index contributed by atoms with van der Waals surface area (Å²) in [5, 5.41) is 10.5. The number of carbonyl (C=O) groups is 1. The van der Waals surface area contributed by atoms with Gasteiger partial charge in [-0.2, -0.15) is 0 Å². The standard InChI is InChI=1S/C22H20O3/c23-20(17-10-4-1-5-11-17)16-21(18-12-6-2-7-13-18)25-22(24)19-14-8-3-9-15-19/h1-15,20-21,23H,16H2/t20-,21+/m1/s1.